The van der Waals surface area contributed by atoms with Gasteiger partial charge in [0.05, 0.1) is 17.2 Å². The Morgan fingerprint density at radius 3 is 2.63 bits per heavy atom. The Morgan fingerprint density at radius 1 is 1.10 bits per heavy atom. The maximum Gasteiger partial charge on any atom is 0.410 e. The van der Waals surface area contributed by atoms with Gasteiger partial charge in [0.2, 0.25) is 0 Å². The van der Waals surface area contributed by atoms with Crippen molar-refractivity contribution in [2.45, 2.75) is 71.6 Å². The molecule has 1 atom stereocenters. The third kappa shape index (κ3) is 6.45. The molecule has 3 aromatic heterocycles. The highest BCUT2D eigenvalue weighted by atomic mass is 16.6. The molecule has 1 saturated carbocycles. The fourth-order valence-corrected chi connectivity index (χ4v) is 5.73. The van der Waals surface area contributed by atoms with E-state index in [0.717, 1.165) is 59.2 Å². The molecule has 9 heteroatoms. The number of rotatable bonds is 7. The average molecular weight is 556 g/mol. The first kappa shape index (κ1) is 27.4. The van der Waals surface area contributed by atoms with Crippen LogP contribution in [0.4, 0.5) is 4.79 Å². The molecular weight excluding hydrogens is 514 g/mol. The number of aromatic amines is 1. The van der Waals surface area contributed by atoms with Gasteiger partial charge in [0.1, 0.15) is 11.4 Å². The van der Waals surface area contributed by atoms with Crippen molar-refractivity contribution in [3.05, 3.63) is 66.0 Å². The molecule has 1 amide bonds. The molecule has 1 unspecified atom stereocenters. The molecule has 4 heterocycles. The molecule has 0 bridgehead atoms. The second-order valence-corrected chi connectivity index (χ2v) is 12.6. The molecule has 0 spiro atoms. The van der Waals surface area contributed by atoms with Gasteiger partial charge in [-0.1, -0.05) is 12.5 Å². The zero-order chi connectivity index (χ0) is 28.6. The first-order chi connectivity index (χ1) is 19.7. The number of hydrogen-bond acceptors (Lipinski definition) is 6. The van der Waals surface area contributed by atoms with E-state index in [9.17, 15) is 4.79 Å². The Kier molecular flexibility index (Phi) is 7.55. The van der Waals surface area contributed by atoms with Gasteiger partial charge in [-0.25, -0.2) is 9.78 Å². The van der Waals surface area contributed by atoms with E-state index < -0.39 is 5.60 Å². The second-order valence-electron chi connectivity index (χ2n) is 12.6. The first-order valence-electron chi connectivity index (χ1n) is 14.9. The topological polar surface area (TPSA) is 92.2 Å². The van der Waals surface area contributed by atoms with Crippen molar-refractivity contribution in [2.75, 3.05) is 26.2 Å². The van der Waals surface area contributed by atoms with Crippen LogP contribution in [0.15, 0.2) is 48.9 Å². The van der Waals surface area contributed by atoms with Gasteiger partial charge >= 0.3 is 6.09 Å². The molecule has 2 aliphatic rings. The zero-order valence-corrected chi connectivity index (χ0v) is 24.6. The van der Waals surface area contributed by atoms with Crippen LogP contribution in [0, 0.1) is 5.92 Å². The molecular formula is C32H41N7O2. The van der Waals surface area contributed by atoms with Crippen LogP contribution in [0.5, 0.6) is 0 Å². The molecule has 41 heavy (non-hydrogen) atoms. The summed E-state index contributed by atoms with van der Waals surface area (Å²) in [5, 5.41) is 4.59. The fourth-order valence-electron chi connectivity index (χ4n) is 5.73. The number of carbonyl (C=O) groups excluding carboxylic acids is 1. The van der Waals surface area contributed by atoms with Crippen LogP contribution in [0.1, 0.15) is 70.1 Å². The molecule has 1 N–H and O–H groups in total. The van der Waals surface area contributed by atoms with Crippen molar-refractivity contribution in [1.82, 2.24) is 34.5 Å². The predicted octanol–water partition coefficient (Wildman–Crippen LogP) is 5.83. The molecule has 216 valence electrons. The number of fused-ring (bicyclic) bond motifs is 1. The third-order valence-corrected chi connectivity index (χ3v) is 8.35. The lowest BCUT2D eigenvalue weighted by Gasteiger charge is -2.38. The highest BCUT2D eigenvalue weighted by Gasteiger charge is 2.28. The van der Waals surface area contributed by atoms with Gasteiger partial charge in [0.25, 0.3) is 0 Å². The van der Waals surface area contributed by atoms with Gasteiger partial charge in [-0.3, -0.25) is 14.6 Å². The van der Waals surface area contributed by atoms with E-state index in [0.29, 0.717) is 19.5 Å². The summed E-state index contributed by atoms with van der Waals surface area (Å²) in [6.45, 7) is 11.9. The summed E-state index contributed by atoms with van der Waals surface area (Å²) in [6, 6.07) is 10.9. The Balaban J connectivity index is 1.09. The second kappa shape index (κ2) is 11.3. The predicted molar refractivity (Wildman–Crippen MR) is 159 cm³/mol. The number of imidazole rings is 1. The number of piperazine rings is 1. The number of aromatic nitrogens is 5. The van der Waals surface area contributed by atoms with E-state index in [4.69, 9.17) is 9.72 Å². The Bertz CT molecular complexity index is 1510. The number of hydrogen-bond donors (Lipinski definition) is 1. The molecule has 1 saturated heterocycles. The van der Waals surface area contributed by atoms with E-state index in [2.05, 4.69) is 68.1 Å². The minimum atomic E-state index is -0.476. The van der Waals surface area contributed by atoms with Gasteiger partial charge < -0.3 is 14.6 Å². The highest BCUT2D eigenvalue weighted by molar-refractivity contribution is 5.81. The molecule has 1 aliphatic carbocycles. The largest absolute Gasteiger partial charge is 0.444 e. The number of benzene rings is 1. The van der Waals surface area contributed by atoms with Crippen LogP contribution < -0.4 is 0 Å². The maximum atomic E-state index is 12.4. The summed E-state index contributed by atoms with van der Waals surface area (Å²) in [7, 11) is 0. The summed E-state index contributed by atoms with van der Waals surface area (Å²) >= 11 is 0. The number of ether oxygens (including phenoxy) is 1. The summed E-state index contributed by atoms with van der Waals surface area (Å²) in [6.07, 6.45) is 10.4. The minimum Gasteiger partial charge on any atom is -0.444 e. The first-order valence-corrected chi connectivity index (χ1v) is 14.9. The normalized spacial score (nSPS) is 17.5. The molecule has 2 fully saturated rings. The molecule has 1 aliphatic heterocycles. The number of nitrogens with zero attached hydrogens (tertiary/aromatic N) is 6. The van der Waals surface area contributed by atoms with Gasteiger partial charge in [-0.2, -0.15) is 5.10 Å². The lowest BCUT2D eigenvalue weighted by atomic mass is 9.85. The average Bonchev–Trinajstić information content (AvgIpc) is 3.56. The lowest BCUT2D eigenvalue weighted by molar-refractivity contribution is 0.0110. The number of amides is 1. The van der Waals surface area contributed by atoms with E-state index >= 15 is 0 Å². The van der Waals surface area contributed by atoms with Crippen LogP contribution in [0.25, 0.3) is 22.2 Å². The highest BCUT2D eigenvalue weighted by Crippen LogP contribution is 2.29. The number of carbonyl (C=O) groups is 1. The quantitative estimate of drug-likeness (QED) is 0.309. The van der Waals surface area contributed by atoms with Crippen LogP contribution in [-0.2, 0) is 17.7 Å². The monoisotopic (exact) mass is 555 g/mol. The standard InChI is InChI=1S/C32H41N7O2/c1-22(37-12-14-38(15-13-37)31(40)41-32(2,3)4)24-10-11-33-27(16-24)18-30-35-28-9-8-25(17-29(28)36-30)26-19-34-39(21-26)20-23-6-5-7-23/h8-11,16-17,19,21-23H,5-7,12-15,18,20H2,1-4H3,(H,35,36). The van der Waals surface area contributed by atoms with Crippen molar-refractivity contribution >= 4 is 17.1 Å². The summed E-state index contributed by atoms with van der Waals surface area (Å²) in [4.78, 5) is 29.7. The fraction of sp³-hybridized carbons (Fsp3) is 0.500. The molecule has 6 rings (SSSR count). The van der Waals surface area contributed by atoms with Crippen LogP contribution in [0.2, 0.25) is 0 Å². The van der Waals surface area contributed by atoms with E-state index in [1.807, 2.05) is 33.2 Å². The summed E-state index contributed by atoms with van der Waals surface area (Å²) in [5.74, 6) is 1.69. The zero-order valence-electron chi connectivity index (χ0n) is 24.6. The Labute approximate surface area is 241 Å². The van der Waals surface area contributed by atoms with Crippen LogP contribution in [-0.4, -0.2) is 72.4 Å². The van der Waals surface area contributed by atoms with Crippen molar-refractivity contribution in [2.24, 2.45) is 5.92 Å². The van der Waals surface area contributed by atoms with Gasteiger partial charge in [0.15, 0.2) is 0 Å². The molecule has 0 radical (unpaired) electrons. The van der Waals surface area contributed by atoms with Gasteiger partial charge in [-0.05, 0) is 81.8 Å². The van der Waals surface area contributed by atoms with E-state index in [1.165, 1.54) is 24.8 Å². The van der Waals surface area contributed by atoms with Crippen LogP contribution in [0.3, 0.4) is 0 Å². The SMILES string of the molecule is CC(c1ccnc(Cc2nc3ccc(-c4cnn(CC5CCC5)c4)cc3[nH]2)c1)N1CCN(C(=O)OC(C)(C)C)CC1. The molecule has 9 nitrogen and oxygen atoms in total. The van der Waals surface area contributed by atoms with Gasteiger partial charge in [0, 0.05) is 68.8 Å². The maximum absolute atomic E-state index is 12.4. The Morgan fingerprint density at radius 2 is 1.90 bits per heavy atom. The number of nitrogens with one attached hydrogen (secondary N) is 1. The third-order valence-electron chi connectivity index (χ3n) is 8.35. The van der Waals surface area contributed by atoms with Crippen LogP contribution >= 0.6 is 0 Å². The molecule has 4 aromatic rings. The van der Waals surface area contributed by atoms with E-state index in [-0.39, 0.29) is 12.1 Å². The van der Waals surface area contributed by atoms with Crippen molar-refractivity contribution in [1.29, 1.82) is 0 Å². The van der Waals surface area contributed by atoms with E-state index in [1.54, 1.807) is 4.90 Å². The van der Waals surface area contributed by atoms with Crippen molar-refractivity contribution < 1.29 is 9.53 Å². The van der Waals surface area contributed by atoms with Crippen molar-refractivity contribution in [3.8, 4) is 11.1 Å². The Hall–Kier alpha value is -3.72. The minimum absolute atomic E-state index is 0.223. The van der Waals surface area contributed by atoms with Gasteiger partial charge in [-0.15, -0.1) is 0 Å². The van der Waals surface area contributed by atoms with Crippen molar-refractivity contribution in [3.63, 3.8) is 0 Å². The molecule has 1 aromatic carbocycles. The lowest BCUT2D eigenvalue weighted by Crippen LogP contribution is -2.50. The summed E-state index contributed by atoms with van der Waals surface area (Å²) < 4.78 is 7.63. The number of pyridine rings is 1. The number of H-pyrrole nitrogens is 1. The summed E-state index contributed by atoms with van der Waals surface area (Å²) in [5.41, 5.74) is 5.99. The smallest absolute Gasteiger partial charge is 0.410 e.